The zero-order chi connectivity index (χ0) is 14.1. The maximum Gasteiger partial charge on any atom is -0.00772 e. The van der Waals surface area contributed by atoms with Crippen LogP contribution in [-0.4, -0.2) is 6.54 Å². The summed E-state index contributed by atoms with van der Waals surface area (Å²) in [5.41, 5.74) is 10.6. The van der Waals surface area contributed by atoms with Crippen LogP contribution in [0.3, 0.4) is 0 Å². The summed E-state index contributed by atoms with van der Waals surface area (Å²) >= 11 is 0. The first kappa shape index (κ1) is 15.5. The van der Waals surface area contributed by atoms with E-state index < -0.39 is 0 Å². The lowest BCUT2D eigenvalue weighted by molar-refractivity contribution is 0.745. The number of benzene rings is 1. The third-order valence-electron chi connectivity index (χ3n) is 3.02. The molecule has 0 unspecified atom stereocenters. The number of nitrogens with two attached hydrogens (primary N) is 1. The van der Waals surface area contributed by atoms with Crippen LogP contribution >= 0.6 is 0 Å². The Hall–Kier alpha value is -1.60. The van der Waals surface area contributed by atoms with Gasteiger partial charge in [0.15, 0.2) is 0 Å². The van der Waals surface area contributed by atoms with Crippen LogP contribution in [0.15, 0.2) is 54.6 Å². The molecule has 1 heteroatoms. The number of hydrogen-bond acceptors (Lipinski definition) is 1. The summed E-state index contributed by atoms with van der Waals surface area (Å²) in [5, 5.41) is 0. The van der Waals surface area contributed by atoms with Crippen molar-refractivity contribution in [2.75, 3.05) is 6.54 Å². The Labute approximate surface area is 117 Å². The Morgan fingerprint density at radius 3 is 2.32 bits per heavy atom. The molecule has 0 aliphatic carbocycles. The van der Waals surface area contributed by atoms with Crippen LogP contribution < -0.4 is 5.73 Å². The van der Waals surface area contributed by atoms with Gasteiger partial charge in [-0.2, -0.15) is 0 Å². The van der Waals surface area contributed by atoms with E-state index in [0.29, 0.717) is 0 Å². The highest BCUT2D eigenvalue weighted by molar-refractivity contribution is 5.74. The minimum absolute atomic E-state index is 0.782. The van der Waals surface area contributed by atoms with E-state index in [9.17, 15) is 0 Å². The molecule has 0 spiro atoms. The number of unbranched alkanes of at least 4 members (excludes halogenated alkanes) is 1. The van der Waals surface area contributed by atoms with Crippen LogP contribution in [0.4, 0.5) is 0 Å². The molecule has 0 fully saturated rings. The first-order valence-corrected chi connectivity index (χ1v) is 6.94. The van der Waals surface area contributed by atoms with E-state index in [4.69, 9.17) is 5.73 Å². The third-order valence-corrected chi connectivity index (χ3v) is 3.02. The molecule has 2 N–H and O–H groups in total. The van der Waals surface area contributed by atoms with Crippen LogP contribution in [0.1, 0.15) is 37.8 Å². The molecule has 1 aromatic carbocycles. The van der Waals surface area contributed by atoms with Crippen molar-refractivity contribution < 1.29 is 0 Å². The molecule has 0 aliphatic rings. The van der Waals surface area contributed by atoms with Gasteiger partial charge in [-0.3, -0.25) is 0 Å². The topological polar surface area (TPSA) is 26.0 Å². The van der Waals surface area contributed by atoms with Crippen LogP contribution in [0, 0.1) is 0 Å². The zero-order valence-electron chi connectivity index (χ0n) is 12.2. The highest BCUT2D eigenvalue weighted by atomic mass is 14.5. The summed E-state index contributed by atoms with van der Waals surface area (Å²) in [5.74, 6) is 0. The summed E-state index contributed by atoms with van der Waals surface area (Å²) in [7, 11) is 0. The fourth-order valence-electron chi connectivity index (χ4n) is 1.88. The normalized spacial score (nSPS) is 11.2. The van der Waals surface area contributed by atoms with Crippen LogP contribution in [0.2, 0.25) is 0 Å². The van der Waals surface area contributed by atoms with Crippen molar-refractivity contribution in [2.24, 2.45) is 5.73 Å². The van der Waals surface area contributed by atoms with Gasteiger partial charge in [-0.05, 0) is 56.4 Å². The van der Waals surface area contributed by atoms with E-state index in [1.165, 1.54) is 16.7 Å². The minimum atomic E-state index is 0.782. The summed E-state index contributed by atoms with van der Waals surface area (Å²) in [4.78, 5) is 0. The van der Waals surface area contributed by atoms with E-state index in [1.54, 1.807) is 0 Å². The lowest BCUT2D eigenvalue weighted by Gasteiger charge is -2.05. The lowest BCUT2D eigenvalue weighted by atomic mass is 10.0. The number of allylic oxidation sites excluding steroid dienone is 5. The van der Waals surface area contributed by atoms with E-state index >= 15 is 0 Å². The average molecular weight is 255 g/mol. The first-order valence-electron chi connectivity index (χ1n) is 6.94. The standard InChI is InChI=1S/C18H25N/c1-4-17(11-8-15(2)3)18-12-9-16(10-13-18)7-5-6-14-19/h4,8-13H,1,5-7,14,19H2,2-3H3/b17-11+. The molecule has 19 heavy (non-hydrogen) atoms. The SMILES string of the molecule is C=C/C(=C\C=C(C)C)c1ccc(CCCCN)cc1. The molecule has 0 bridgehead atoms. The van der Waals surface area contributed by atoms with Gasteiger partial charge in [0, 0.05) is 0 Å². The summed E-state index contributed by atoms with van der Waals surface area (Å²) in [6, 6.07) is 8.74. The van der Waals surface area contributed by atoms with E-state index in [1.807, 2.05) is 6.08 Å². The van der Waals surface area contributed by atoms with Gasteiger partial charge in [0.25, 0.3) is 0 Å². The van der Waals surface area contributed by atoms with Crippen molar-refractivity contribution in [1.29, 1.82) is 0 Å². The maximum absolute atomic E-state index is 5.51. The van der Waals surface area contributed by atoms with Crippen molar-refractivity contribution in [3.05, 3.63) is 65.8 Å². The van der Waals surface area contributed by atoms with Gasteiger partial charge in [-0.15, -0.1) is 0 Å². The fourth-order valence-corrected chi connectivity index (χ4v) is 1.88. The van der Waals surface area contributed by atoms with Crippen molar-refractivity contribution in [3.8, 4) is 0 Å². The van der Waals surface area contributed by atoms with Gasteiger partial charge in [-0.1, -0.05) is 54.6 Å². The summed E-state index contributed by atoms with van der Waals surface area (Å²) < 4.78 is 0. The van der Waals surface area contributed by atoms with Gasteiger partial charge in [0.1, 0.15) is 0 Å². The molecule has 1 rings (SSSR count). The molecular formula is C18H25N. The first-order chi connectivity index (χ1) is 9.17. The predicted octanol–water partition coefficient (Wildman–Crippen LogP) is 4.50. The highest BCUT2D eigenvalue weighted by Gasteiger charge is 1.98. The summed E-state index contributed by atoms with van der Waals surface area (Å²) in [6.45, 7) is 8.86. The summed E-state index contributed by atoms with van der Waals surface area (Å²) in [6.07, 6.45) is 9.51. The fraction of sp³-hybridized carbons (Fsp3) is 0.333. The van der Waals surface area contributed by atoms with Crippen molar-refractivity contribution in [3.63, 3.8) is 0 Å². The van der Waals surface area contributed by atoms with Gasteiger partial charge in [-0.25, -0.2) is 0 Å². The monoisotopic (exact) mass is 255 g/mol. The van der Waals surface area contributed by atoms with Gasteiger partial charge in [0.2, 0.25) is 0 Å². The molecule has 0 atom stereocenters. The molecule has 0 heterocycles. The molecular weight excluding hydrogens is 230 g/mol. The van der Waals surface area contributed by atoms with Crippen molar-refractivity contribution in [1.82, 2.24) is 0 Å². The quantitative estimate of drug-likeness (QED) is 0.563. The molecule has 1 nitrogen and oxygen atoms in total. The van der Waals surface area contributed by atoms with Crippen LogP contribution in [-0.2, 0) is 6.42 Å². The van der Waals surface area contributed by atoms with Crippen molar-refractivity contribution >= 4 is 5.57 Å². The predicted molar refractivity (Wildman–Crippen MR) is 86.0 cm³/mol. The Bertz CT molecular complexity index is 445. The molecule has 0 amide bonds. The Kier molecular flexibility index (Phi) is 6.91. The smallest absolute Gasteiger partial charge is 0.00772 e. The molecule has 0 aromatic heterocycles. The Morgan fingerprint density at radius 2 is 1.79 bits per heavy atom. The second kappa shape index (κ2) is 8.49. The van der Waals surface area contributed by atoms with E-state index in [0.717, 1.165) is 31.4 Å². The average Bonchev–Trinajstić information content (AvgIpc) is 2.41. The molecule has 0 saturated heterocycles. The van der Waals surface area contributed by atoms with E-state index in [2.05, 4.69) is 56.8 Å². The number of aryl methyl sites for hydroxylation is 1. The number of hydrogen-bond donors (Lipinski definition) is 1. The minimum Gasteiger partial charge on any atom is -0.330 e. The Balaban J connectivity index is 2.76. The van der Waals surface area contributed by atoms with Crippen LogP contribution in [0.5, 0.6) is 0 Å². The van der Waals surface area contributed by atoms with Crippen molar-refractivity contribution in [2.45, 2.75) is 33.1 Å². The lowest BCUT2D eigenvalue weighted by Crippen LogP contribution is -1.98. The third kappa shape index (κ3) is 5.71. The largest absolute Gasteiger partial charge is 0.330 e. The molecule has 0 saturated carbocycles. The Morgan fingerprint density at radius 1 is 1.11 bits per heavy atom. The maximum atomic E-state index is 5.51. The highest BCUT2D eigenvalue weighted by Crippen LogP contribution is 2.17. The second-order valence-electron chi connectivity index (χ2n) is 5.01. The van der Waals surface area contributed by atoms with Gasteiger partial charge in [0.05, 0.1) is 0 Å². The molecule has 0 aliphatic heterocycles. The second-order valence-corrected chi connectivity index (χ2v) is 5.01. The molecule has 1 aromatic rings. The number of rotatable bonds is 7. The van der Waals surface area contributed by atoms with Crippen LogP contribution in [0.25, 0.3) is 5.57 Å². The molecule has 0 radical (unpaired) electrons. The van der Waals surface area contributed by atoms with E-state index in [-0.39, 0.29) is 0 Å². The molecule has 102 valence electrons. The zero-order valence-corrected chi connectivity index (χ0v) is 12.2. The van der Waals surface area contributed by atoms with Gasteiger partial charge >= 0.3 is 0 Å². The van der Waals surface area contributed by atoms with Gasteiger partial charge < -0.3 is 5.73 Å².